The lowest BCUT2D eigenvalue weighted by Crippen LogP contribution is -1.92. The molecule has 0 radical (unpaired) electrons. The van der Waals surface area contributed by atoms with Crippen molar-refractivity contribution in [2.24, 2.45) is 0 Å². The topological polar surface area (TPSA) is 0 Å². The average molecular weight is 627 g/mol. The first kappa shape index (κ1) is 32.4. The Morgan fingerprint density at radius 1 is 0.348 bits per heavy atom. The minimum absolute atomic E-state index is 0.882. The van der Waals surface area contributed by atoms with E-state index in [1.807, 2.05) is 54.6 Å². The fraction of sp³-hybridized carbons (Fsp3) is 0.136. The van der Waals surface area contributed by atoms with Crippen LogP contribution >= 0.6 is 25.3 Å². The summed E-state index contributed by atoms with van der Waals surface area (Å²) < 4.78 is 0. The van der Waals surface area contributed by atoms with Gasteiger partial charge in [-0.1, -0.05) is 68.1 Å². The smallest absolute Gasteiger partial charge is 0.0281 e. The molecular formula is C44H34S2. The van der Waals surface area contributed by atoms with Crippen LogP contribution in [0.15, 0.2) is 113 Å². The van der Waals surface area contributed by atoms with E-state index in [0.717, 1.165) is 73.6 Å². The van der Waals surface area contributed by atoms with E-state index in [4.69, 9.17) is 0 Å². The van der Waals surface area contributed by atoms with Crippen molar-refractivity contribution in [2.45, 2.75) is 49.8 Å². The Morgan fingerprint density at radius 3 is 0.935 bits per heavy atom. The summed E-state index contributed by atoms with van der Waals surface area (Å²) in [6.45, 7) is 6.46. The van der Waals surface area contributed by atoms with Gasteiger partial charge in [0.15, 0.2) is 0 Å². The largest absolute Gasteiger partial charge is 0.143 e. The van der Waals surface area contributed by atoms with Gasteiger partial charge < -0.3 is 0 Å². The second-order valence-electron chi connectivity index (χ2n) is 10.8. The normalized spacial score (nSPS) is 9.85. The van der Waals surface area contributed by atoms with Crippen molar-refractivity contribution >= 4 is 25.3 Å². The molecule has 46 heavy (non-hydrogen) atoms. The fourth-order valence-electron chi connectivity index (χ4n) is 4.91. The van der Waals surface area contributed by atoms with Gasteiger partial charge in [-0.2, -0.15) is 0 Å². The highest BCUT2D eigenvalue weighted by Gasteiger charge is 2.03. The highest BCUT2D eigenvalue weighted by Crippen LogP contribution is 2.17. The SMILES string of the molecule is CCc1cc(C#Cc2ccc(C#Cc3ccc(C#Cc4ccc(S)cc4)cc3CC)cc2CC)ccc1C#Cc1ccc(S)cc1. The molecule has 0 spiro atoms. The molecule has 0 aliphatic carbocycles. The maximum absolute atomic E-state index is 4.35. The number of benzene rings is 5. The van der Waals surface area contributed by atoms with Gasteiger partial charge in [-0.3, -0.25) is 0 Å². The Balaban J connectivity index is 1.33. The van der Waals surface area contributed by atoms with E-state index in [9.17, 15) is 0 Å². The lowest BCUT2D eigenvalue weighted by atomic mass is 9.99. The van der Waals surface area contributed by atoms with Gasteiger partial charge in [-0.15, -0.1) is 25.3 Å². The van der Waals surface area contributed by atoms with Gasteiger partial charge in [0.05, 0.1) is 0 Å². The van der Waals surface area contributed by atoms with Crippen LogP contribution in [0.25, 0.3) is 0 Å². The quantitative estimate of drug-likeness (QED) is 0.145. The molecule has 0 amide bonds. The molecule has 5 aromatic carbocycles. The fourth-order valence-corrected chi connectivity index (χ4v) is 5.21. The van der Waals surface area contributed by atoms with Gasteiger partial charge in [0, 0.05) is 54.3 Å². The summed E-state index contributed by atoms with van der Waals surface area (Å²) in [7, 11) is 0. The minimum Gasteiger partial charge on any atom is -0.143 e. The summed E-state index contributed by atoms with van der Waals surface area (Å²) in [5, 5.41) is 0. The van der Waals surface area contributed by atoms with E-state index in [0.29, 0.717) is 0 Å². The van der Waals surface area contributed by atoms with E-state index < -0.39 is 0 Å². The van der Waals surface area contributed by atoms with Crippen LogP contribution in [0.2, 0.25) is 0 Å². The molecule has 0 heterocycles. The number of rotatable bonds is 3. The van der Waals surface area contributed by atoms with Crippen molar-refractivity contribution in [3.8, 4) is 47.4 Å². The standard InChI is InChI=1S/C44H34S2/c1-4-37-29-34(8-7-32-15-25-43(45)26-16-32)10-20-41(37)22-12-36-14-24-42(39(6-3)31-36)23-13-35-11-21-40(38(5-2)30-35)19-9-33-17-27-44(46)28-18-33/h10-11,14-18,20-21,24-31,45-46H,4-6H2,1-3H3. The number of hydrogen-bond acceptors (Lipinski definition) is 2. The molecule has 0 atom stereocenters. The summed E-state index contributed by atoms with van der Waals surface area (Å²) in [5.74, 6) is 26.7. The Labute approximate surface area is 285 Å². The van der Waals surface area contributed by atoms with Crippen LogP contribution in [0.3, 0.4) is 0 Å². The van der Waals surface area contributed by atoms with Crippen LogP contribution in [0, 0.1) is 47.4 Å². The highest BCUT2D eigenvalue weighted by molar-refractivity contribution is 7.80. The molecule has 0 aromatic heterocycles. The molecule has 0 saturated heterocycles. The van der Waals surface area contributed by atoms with Gasteiger partial charge in [0.1, 0.15) is 0 Å². The molecule has 222 valence electrons. The Bertz CT molecular complexity index is 2120. The average Bonchev–Trinajstić information content (AvgIpc) is 3.09. The van der Waals surface area contributed by atoms with Crippen molar-refractivity contribution in [3.05, 3.63) is 164 Å². The zero-order valence-electron chi connectivity index (χ0n) is 26.3. The number of aryl methyl sites for hydroxylation is 3. The predicted octanol–water partition coefficient (Wildman–Crippen LogP) is 9.55. The maximum atomic E-state index is 4.35. The molecule has 2 heteroatoms. The molecule has 0 fully saturated rings. The Kier molecular flexibility index (Phi) is 11.2. The molecule has 0 saturated carbocycles. The van der Waals surface area contributed by atoms with Crippen LogP contribution < -0.4 is 0 Å². The molecule has 0 unspecified atom stereocenters. The Morgan fingerprint density at radius 2 is 0.609 bits per heavy atom. The zero-order valence-corrected chi connectivity index (χ0v) is 28.1. The summed E-state index contributed by atoms with van der Waals surface area (Å²) in [6.07, 6.45) is 2.66. The molecule has 0 bridgehead atoms. The first-order chi connectivity index (χ1) is 22.4. The predicted molar refractivity (Wildman–Crippen MR) is 199 cm³/mol. The first-order valence-electron chi connectivity index (χ1n) is 15.5. The molecule has 0 aliphatic rings. The number of thiol groups is 2. The van der Waals surface area contributed by atoms with Crippen molar-refractivity contribution in [1.29, 1.82) is 0 Å². The second-order valence-corrected chi connectivity index (χ2v) is 11.8. The monoisotopic (exact) mass is 626 g/mol. The van der Waals surface area contributed by atoms with Crippen LogP contribution in [0.5, 0.6) is 0 Å². The van der Waals surface area contributed by atoms with Crippen LogP contribution in [0.4, 0.5) is 0 Å². The highest BCUT2D eigenvalue weighted by atomic mass is 32.1. The van der Waals surface area contributed by atoms with Crippen molar-refractivity contribution in [2.75, 3.05) is 0 Å². The van der Waals surface area contributed by atoms with Gasteiger partial charge in [0.25, 0.3) is 0 Å². The van der Waals surface area contributed by atoms with Gasteiger partial charge in [-0.25, -0.2) is 0 Å². The minimum atomic E-state index is 0.882. The van der Waals surface area contributed by atoms with Crippen molar-refractivity contribution in [3.63, 3.8) is 0 Å². The lowest BCUT2D eigenvalue weighted by Gasteiger charge is -2.04. The summed E-state index contributed by atoms with van der Waals surface area (Å²) >= 11 is 8.70. The third-order valence-corrected chi connectivity index (χ3v) is 8.17. The van der Waals surface area contributed by atoms with E-state index in [-0.39, 0.29) is 0 Å². The van der Waals surface area contributed by atoms with Gasteiger partial charge >= 0.3 is 0 Å². The van der Waals surface area contributed by atoms with Crippen molar-refractivity contribution in [1.82, 2.24) is 0 Å². The molecule has 0 nitrogen and oxygen atoms in total. The van der Waals surface area contributed by atoms with E-state index in [2.05, 4.69) is 142 Å². The van der Waals surface area contributed by atoms with E-state index in [1.54, 1.807) is 0 Å². The van der Waals surface area contributed by atoms with Gasteiger partial charge in [-0.05, 0) is 139 Å². The van der Waals surface area contributed by atoms with Crippen LogP contribution in [-0.4, -0.2) is 0 Å². The maximum Gasteiger partial charge on any atom is 0.0281 e. The van der Waals surface area contributed by atoms with E-state index in [1.165, 1.54) is 16.7 Å². The summed E-state index contributed by atoms with van der Waals surface area (Å²) in [5.41, 5.74) is 11.6. The number of hydrogen-bond donors (Lipinski definition) is 2. The van der Waals surface area contributed by atoms with Crippen molar-refractivity contribution < 1.29 is 0 Å². The molecule has 5 rings (SSSR count). The molecular weight excluding hydrogens is 593 g/mol. The molecule has 0 aliphatic heterocycles. The summed E-state index contributed by atoms with van der Waals surface area (Å²) in [4.78, 5) is 1.86. The van der Waals surface area contributed by atoms with E-state index >= 15 is 0 Å². The molecule has 0 N–H and O–H groups in total. The van der Waals surface area contributed by atoms with Crippen LogP contribution in [-0.2, 0) is 19.3 Å². The zero-order chi connectivity index (χ0) is 32.3. The third-order valence-electron chi connectivity index (χ3n) is 7.57. The summed E-state index contributed by atoms with van der Waals surface area (Å²) in [6, 6.07) is 34.6. The lowest BCUT2D eigenvalue weighted by molar-refractivity contribution is 1.13. The van der Waals surface area contributed by atoms with Gasteiger partial charge in [0.2, 0.25) is 0 Å². The Hall–Kier alpha value is -4.96. The van der Waals surface area contributed by atoms with Crippen LogP contribution in [0.1, 0.15) is 82.0 Å². The molecule has 5 aromatic rings. The second kappa shape index (κ2) is 15.9. The third kappa shape index (κ3) is 8.82. The first-order valence-corrected chi connectivity index (χ1v) is 16.4.